The van der Waals surface area contributed by atoms with Crippen molar-refractivity contribution < 1.29 is 18.3 Å². The van der Waals surface area contributed by atoms with Crippen molar-refractivity contribution in [2.24, 2.45) is 0 Å². The number of rotatable bonds is 6. The lowest BCUT2D eigenvalue weighted by atomic mass is 9.51. The lowest BCUT2D eigenvalue weighted by Crippen LogP contribution is -2.41. The van der Waals surface area contributed by atoms with E-state index in [1.165, 1.54) is 38.9 Å². The van der Waals surface area contributed by atoms with Gasteiger partial charge < -0.3 is 18.3 Å². The van der Waals surface area contributed by atoms with E-state index in [9.17, 15) is 9.59 Å². The third-order valence-electron chi connectivity index (χ3n) is 6.65. The van der Waals surface area contributed by atoms with Gasteiger partial charge in [0.2, 0.25) is 22.4 Å². The second-order valence-electron chi connectivity index (χ2n) is 8.29. The average molecular weight is 456 g/mol. The molecule has 0 bridgehead atoms. The Kier molecular flexibility index (Phi) is 5.80. The van der Waals surface area contributed by atoms with Crippen LogP contribution in [0, 0.1) is 0 Å². The van der Waals surface area contributed by atoms with Crippen LogP contribution in [0.3, 0.4) is 0 Å². The molecule has 172 valence electrons. The predicted octanol–water partition coefficient (Wildman–Crippen LogP) is 5.06. The van der Waals surface area contributed by atoms with E-state index >= 15 is 0 Å². The van der Waals surface area contributed by atoms with Crippen LogP contribution >= 0.6 is 0 Å². The van der Waals surface area contributed by atoms with Gasteiger partial charge in [-0.2, -0.15) is 0 Å². The Morgan fingerprint density at radius 3 is 1.29 bits per heavy atom. The van der Waals surface area contributed by atoms with Crippen LogP contribution < -0.4 is 20.3 Å². The summed E-state index contributed by atoms with van der Waals surface area (Å²) in [5, 5.41) is 0. The zero-order valence-corrected chi connectivity index (χ0v) is 18.8. The van der Waals surface area contributed by atoms with Crippen LogP contribution in [0.25, 0.3) is 0 Å². The van der Waals surface area contributed by atoms with Gasteiger partial charge in [0.25, 0.3) is 0 Å². The second-order valence-corrected chi connectivity index (χ2v) is 8.29. The maximum absolute atomic E-state index is 12.6. The Labute approximate surface area is 196 Å². The van der Waals surface area contributed by atoms with Gasteiger partial charge >= 0.3 is 0 Å². The highest BCUT2D eigenvalue weighted by Crippen LogP contribution is 2.67. The number of hydrogen-bond donors (Lipinski definition) is 0. The van der Waals surface area contributed by atoms with Crippen LogP contribution in [0.2, 0.25) is 0 Å². The van der Waals surface area contributed by atoms with E-state index in [-0.39, 0.29) is 46.0 Å². The van der Waals surface area contributed by atoms with Gasteiger partial charge in [-0.15, -0.1) is 0 Å². The number of ether oxygens (including phenoxy) is 2. The largest absolute Gasteiger partial charge is 0.490 e. The summed E-state index contributed by atoms with van der Waals surface area (Å²) in [7, 11) is 2.91. The van der Waals surface area contributed by atoms with E-state index < -0.39 is 0 Å². The molecule has 0 spiro atoms. The van der Waals surface area contributed by atoms with Crippen LogP contribution in [0.1, 0.15) is 46.3 Å². The Hall–Kier alpha value is -4.06. The molecule has 1 fully saturated rings. The zero-order chi connectivity index (χ0) is 23.7. The normalized spacial score (nSPS) is 21.5. The fraction of sp³-hybridized carbons (Fsp3) is 0.214. The SMILES string of the molecule is COc1c([C@H]2[C@H](c3ccccc3)[C@@H](c3ccccc3)[C@@H]2c2occc(=O)c2OC)occc1=O. The van der Waals surface area contributed by atoms with Crippen molar-refractivity contribution in [3.05, 3.63) is 128 Å². The van der Waals surface area contributed by atoms with Crippen molar-refractivity contribution in [2.45, 2.75) is 23.7 Å². The van der Waals surface area contributed by atoms with Gasteiger partial charge in [-0.25, -0.2) is 0 Å². The van der Waals surface area contributed by atoms with Gasteiger partial charge in [-0.05, 0) is 11.1 Å². The maximum Gasteiger partial charge on any atom is 0.227 e. The van der Waals surface area contributed by atoms with Crippen molar-refractivity contribution in [3.8, 4) is 11.5 Å². The Bertz CT molecular complexity index is 1280. The summed E-state index contributed by atoms with van der Waals surface area (Å²) in [5.41, 5.74) is 1.64. The molecule has 34 heavy (non-hydrogen) atoms. The molecule has 2 heterocycles. The van der Waals surface area contributed by atoms with Crippen LogP contribution in [0.15, 0.2) is 104 Å². The smallest absolute Gasteiger partial charge is 0.227 e. The highest BCUT2D eigenvalue weighted by atomic mass is 16.5. The summed E-state index contributed by atoms with van der Waals surface area (Å²) < 4.78 is 22.9. The Balaban J connectivity index is 1.79. The average Bonchev–Trinajstić information content (AvgIpc) is 2.85. The fourth-order valence-electron chi connectivity index (χ4n) is 5.28. The number of benzene rings is 2. The molecular formula is C28H24O6. The van der Waals surface area contributed by atoms with E-state index in [1.807, 2.05) is 36.4 Å². The third kappa shape index (κ3) is 3.52. The molecular weight excluding hydrogens is 432 g/mol. The summed E-state index contributed by atoms with van der Waals surface area (Å²) in [6.07, 6.45) is 2.76. The molecule has 0 saturated heterocycles. The molecule has 1 aliphatic carbocycles. The highest BCUT2D eigenvalue weighted by molar-refractivity contribution is 5.49. The standard InChI is InChI=1S/C28H24O6/c1-31-25-19(29)13-15-33-27(25)23-21(17-9-5-3-6-10-17)22(18-11-7-4-8-12-18)24(23)28-26(32-2)20(30)14-16-34-28/h3-16,21-24H,1-2H3/t21-,22-,23+,24+/m1/s1. The minimum absolute atomic E-state index is 0.0664. The lowest BCUT2D eigenvalue weighted by Gasteiger charge is -2.51. The van der Waals surface area contributed by atoms with Crippen molar-refractivity contribution in [1.82, 2.24) is 0 Å². The predicted molar refractivity (Wildman–Crippen MR) is 127 cm³/mol. The Morgan fingerprint density at radius 2 is 0.941 bits per heavy atom. The molecule has 1 aliphatic rings. The van der Waals surface area contributed by atoms with E-state index in [1.54, 1.807) is 0 Å². The van der Waals surface area contributed by atoms with E-state index in [0.717, 1.165) is 11.1 Å². The van der Waals surface area contributed by atoms with Gasteiger partial charge in [-0.3, -0.25) is 9.59 Å². The highest BCUT2D eigenvalue weighted by Gasteiger charge is 2.57. The monoisotopic (exact) mass is 456 g/mol. The molecule has 2 aromatic carbocycles. The lowest BCUT2D eigenvalue weighted by molar-refractivity contribution is 0.160. The van der Waals surface area contributed by atoms with E-state index in [0.29, 0.717) is 11.5 Å². The summed E-state index contributed by atoms with van der Waals surface area (Å²) in [6, 6.07) is 22.8. The summed E-state index contributed by atoms with van der Waals surface area (Å²) in [6.45, 7) is 0. The molecule has 6 heteroatoms. The van der Waals surface area contributed by atoms with Crippen molar-refractivity contribution in [1.29, 1.82) is 0 Å². The van der Waals surface area contributed by atoms with Gasteiger partial charge in [0.05, 0.1) is 26.7 Å². The molecule has 2 aromatic heterocycles. The molecule has 4 atom stereocenters. The summed E-state index contributed by atoms with van der Waals surface area (Å²) in [4.78, 5) is 25.3. The minimum Gasteiger partial charge on any atom is -0.490 e. The first-order valence-electron chi connectivity index (χ1n) is 11.1. The quantitative estimate of drug-likeness (QED) is 0.404. The molecule has 6 nitrogen and oxygen atoms in total. The van der Waals surface area contributed by atoms with Gasteiger partial charge in [0.15, 0.2) is 11.5 Å². The summed E-state index contributed by atoms with van der Waals surface area (Å²) >= 11 is 0. The number of methoxy groups -OCH3 is 2. The minimum atomic E-state index is -0.337. The molecule has 1 saturated carbocycles. The third-order valence-corrected chi connectivity index (χ3v) is 6.65. The van der Waals surface area contributed by atoms with Crippen LogP contribution in [0.5, 0.6) is 11.5 Å². The zero-order valence-electron chi connectivity index (χ0n) is 18.8. The second kappa shape index (κ2) is 9.06. The van der Waals surface area contributed by atoms with Crippen LogP contribution in [-0.2, 0) is 0 Å². The molecule has 5 rings (SSSR count). The maximum atomic E-state index is 12.6. The van der Waals surface area contributed by atoms with Crippen LogP contribution in [0.4, 0.5) is 0 Å². The van der Waals surface area contributed by atoms with Crippen molar-refractivity contribution in [3.63, 3.8) is 0 Å². The van der Waals surface area contributed by atoms with Crippen molar-refractivity contribution in [2.75, 3.05) is 14.2 Å². The Morgan fingerprint density at radius 1 is 0.559 bits per heavy atom. The van der Waals surface area contributed by atoms with E-state index in [2.05, 4.69) is 24.3 Å². The molecule has 0 aliphatic heterocycles. The molecule has 4 aromatic rings. The first-order chi connectivity index (χ1) is 16.7. The first-order valence-corrected chi connectivity index (χ1v) is 11.1. The molecule has 0 N–H and O–H groups in total. The van der Waals surface area contributed by atoms with Gasteiger partial charge in [0, 0.05) is 35.8 Å². The van der Waals surface area contributed by atoms with Gasteiger partial charge in [0.1, 0.15) is 0 Å². The molecule has 0 unspecified atom stereocenters. The first kappa shape index (κ1) is 21.8. The van der Waals surface area contributed by atoms with Crippen LogP contribution in [-0.4, -0.2) is 14.2 Å². The molecule has 0 amide bonds. The fourth-order valence-corrected chi connectivity index (χ4v) is 5.28. The van der Waals surface area contributed by atoms with Gasteiger partial charge in [-0.1, -0.05) is 60.7 Å². The van der Waals surface area contributed by atoms with E-state index in [4.69, 9.17) is 18.3 Å². The number of hydrogen-bond acceptors (Lipinski definition) is 6. The van der Waals surface area contributed by atoms with Crippen molar-refractivity contribution >= 4 is 0 Å². The molecule has 0 radical (unpaired) electrons. The topological polar surface area (TPSA) is 78.9 Å². The summed E-state index contributed by atoms with van der Waals surface area (Å²) in [5.74, 6) is 0.354.